The lowest BCUT2D eigenvalue weighted by molar-refractivity contribution is -0.143. The summed E-state index contributed by atoms with van der Waals surface area (Å²) in [5, 5.41) is 25.1. The minimum Gasteiger partial charge on any atom is -0.481 e. The Morgan fingerprint density at radius 2 is 1.58 bits per heavy atom. The number of carboxylic acids is 2. The number of guanidine groups is 1. The van der Waals surface area contributed by atoms with Crippen molar-refractivity contribution < 1.29 is 34.2 Å². The molecule has 1 rings (SSSR count). The van der Waals surface area contributed by atoms with Crippen LogP contribution in [0.5, 0.6) is 0 Å². The zero-order valence-electron chi connectivity index (χ0n) is 19.7. The number of nitrogens with two attached hydrogens (primary N) is 3. The van der Waals surface area contributed by atoms with Gasteiger partial charge in [0.15, 0.2) is 5.96 Å². The van der Waals surface area contributed by atoms with Crippen molar-refractivity contribution in [3.8, 4) is 0 Å². The maximum absolute atomic E-state index is 12.7. The number of benzene rings is 1. The monoisotopic (exact) mass is 507 g/mol. The first-order valence-corrected chi connectivity index (χ1v) is 11.2. The van der Waals surface area contributed by atoms with Crippen LogP contribution < -0.4 is 33.2 Å². The zero-order valence-corrected chi connectivity index (χ0v) is 19.7. The van der Waals surface area contributed by atoms with Crippen LogP contribution in [0.25, 0.3) is 0 Å². The van der Waals surface area contributed by atoms with Crippen molar-refractivity contribution in [3.05, 3.63) is 35.9 Å². The summed E-state index contributed by atoms with van der Waals surface area (Å²) in [6, 6.07) is 5.51. The average Bonchev–Trinajstić information content (AvgIpc) is 2.81. The lowest BCUT2D eigenvalue weighted by Crippen LogP contribution is -2.54. The Bertz CT molecular complexity index is 936. The molecule has 0 saturated heterocycles. The highest BCUT2D eigenvalue weighted by Gasteiger charge is 2.27. The summed E-state index contributed by atoms with van der Waals surface area (Å²) in [5.41, 5.74) is 17.3. The number of hydrogen-bond donors (Lipinski definition) is 8. The maximum atomic E-state index is 12.7. The number of carboxylic acid groups (broad SMARTS) is 2. The Balaban J connectivity index is 2.72. The van der Waals surface area contributed by atoms with Crippen molar-refractivity contribution in [2.24, 2.45) is 22.2 Å². The fourth-order valence-corrected chi connectivity index (χ4v) is 3.07. The molecule has 14 heteroatoms. The Labute approximate surface area is 207 Å². The molecule has 0 aliphatic rings. The van der Waals surface area contributed by atoms with Gasteiger partial charge < -0.3 is 43.4 Å². The smallest absolute Gasteiger partial charge is 0.326 e. The second-order valence-corrected chi connectivity index (χ2v) is 7.91. The predicted molar refractivity (Wildman–Crippen MR) is 129 cm³/mol. The van der Waals surface area contributed by atoms with Crippen LogP contribution in [0.3, 0.4) is 0 Å². The lowest BCUT2D eigenvalue weighted by Gasteiger charge is -2.21. The molecular weight excluding hydrogens is 474 g/mol. The molecule has 3 amide bonds. The highest BCUT2D eigenvalue weighted by Crippen LogP contribution is 2.04. The van der Waals surface area contributed by atoms with Gasteiger partial charge in [-0.2, -0.15) is 0 Å². The third-order valence-electron chi connectivity index (χ3n) is 4.92. The predicted octanol–water partition coefficient (Wildman–Crippen LogP) is -2.35. The third kappa shape index (κ3) is 12.3. The second kappa shape index (κ2) is 15.7. The van der Waals surface area contributed by atoms with Crippen molar-refractivity contribution in [2.45, 2.75) is 50.2 Å². The number of carbonyl (C=O) groups is 5. The van der Waals surface area contributed by atoms with Gasteiger partial charge in [0.25, 0.3) is 0 Å². The zero-order chi connectivity index (χ0) is 27.1. The van der Waals surface area contributed by atoms with Crippen LogP contribution in [0.1, 0.15) is 31.2 Å². The fourth-order valence-electron chi connectivity index (χ4n) is 3.07. The Morgan fingerprint density at radius 3 is 2.17 bits per heavy atom. The van der Waals surface area contributed by atoms with Crippen LogP contribution in [0.2, 0.25) is 0 Å². The average molecular weight is 508 g/mol. The van der Waals surface area contributed by atoms with Gasteiger partial charge in [-0.15, -0.1) is 0 Å². The molecule has 0 saturated carbocycles. The summed E-state index contributed by atoms with van der Waals surface area (Å²) < 4.78 is 0. The molecule has 0 aliphatic heterocycles. The van der Waals surface area contributed by atoms with Gasteiger partial charge in [-0.25, -0.2) is 4.79 Å². The topological polar surface area (TPSA) is 252 Å². The minimum absolute atomic E-state index is 0.0427. The summed E-state index contributed by atoms with van der Waals surface area (Å²) in [7, 11) is 0. The van der Waals surface area contributed by atoms with Crippen molar-refractivity contribution >= 4 is 35.6 Å². The molecule has 14 nitrogen and oxygen atoms in total. The van der Waals surface area contributed by atoms with Crippen LogP contribution in [-0.4, -0.2) is 77.0 Å². The number of nitrogens with one attached hydrogen (secondary N) is 3. The van der Waals surface area contributed by atoms with Crippen molar-refractivity contribution in [3.63, 3.8) is 0 Å². The number of nitrogens with zero attached hydrogens (tertiary/aromatic N) is 1. The van der Waals surface area contributed by atoms with E-state index in [0.29, 0.717) is 0 Å². The lowest BCUT2D eigenvalue weighted by atomic mass is 10.1. The van der Waals surface area contributed by atoms with E-state index in [9.17, 15) is 29.1 Å². The van der Waals surface area contributed by atoms with Gasteiger partial charge in [-0.1, -0.05) is 30.3 Å². The number of aliphatic imine (C=N–C) groups is 1. The minimum atomic E-state index is -1.47. The SMILES string of the molecule is NC(N)=NCCCC(NC(=O)CNC(=O)C(N)Cc1ccccc1)C(=O)NC(CCC(=O)O)C(=O)O. The number of carbonyl (C=O) groups excluding carboxylic acids is 3. The summed E-state index contributed by atoms with van der Waals surface area (Å²) >= 11 is 0. The molecule has 0 aliphatic carbocycles. The molecule has 3 unspecified atom stereocenters. The van der Waals surface area contributed by atoms with E-state index < -0.39 is 60.8 Å². The number of rotatable bonds is 16. The molecule has 0 fully saturated rings. The van der Waals surface area contributed by atoms with Crippen molar-refractivity contribution in [1.29, 1.82) is 0 Å². The van der Waals surface area contributed by atoms with Crippen LogP contribution >= 0.6 is 0 Å². The first kappa shape index (κ1) is 29.8. The molecule has 1 aromatic carbocycles. The van der Waals surface area contributed by atoms with E-state index in [0.717, 1.165) is 5.56 Å². The highest BCUT2D eigenvalue weighted by atomic mass is 16.4. The van der Waals surface area contributed by atoms with Gasteiger partial charge in [0, 0.05) is 13.0 Å². The number of hydrogen-bond acceptors (Lipinski definition) is 7. The largest absolute Gasteiger partial charge is 0.481 e. The van der Waals surface area contributed by atoms with Gasteiger partial charge in [-0.05, 0) is 31.2 Å². The normalized spacial score (nSPS) is 12.9. The Hall–Kier alpha value is -4.20. The summed E-state index contributed by atoms with van der Waals surface area (Å²) in [4.78, 5) is 63.3. The highest BCUT2D eigenvalue weighted by molar-refractivity contribution is 5.92. The molecular formula is C22H33N7O7. The second-order valence-electron chi connectivity index (χ2n) is 7.91. The first-order valence-electron chi connectivity index (χ1n) is 11.2. The molecule has 36 heavy (non-hydrogen) atoms. The Kier molecular flexibility index (Phi) is 13.0. The summed E-state index contributed by atoms with van der Waals surface area (Å²) in [6.07, 6.45) is -0.260. The van der Waals surface area contributed by atoms with E-state index in [1.165, 1.54) is 0 Å². The van der Waals surface area contributed by atoms with Gasteiger partial charge in [0.2, 0.25) is 17.7 Å². The summed E-state index contributed by atoms with van der Waals surface area (Å²) in [6.45, 7) is -0.325. The molecule has 1 aromatic rings. The van der Waals surface area contributed by atoms with E-state index in [-0.39, 0.29) is 38.2 Å². The molecule has 0 aromatic heterocycles. The van der Waals surface area contributed by atoms with Crippen molar-refractivity contribution in [2.75, 3.05) is 13.1 Å². The molecule has 198 valence electrons. The van der Waals surface area contributed by atoms with Gasteiger partial charge in [0.05, 0.1) is 12.6 Å². The van der Waals surface area contributed by atoms with E-state index in [2.05, 4.69) is 20.9 Å². The fraction of sp³-hybridized carbons (Fsp3) is 0.455. The van der Waals surface area contributed by atoms with Crippen molar-refractivity contribution in [1.82, 2.24) is 16.0 Å². The summed E-state index contributed by atoms with van der Waals surface area (Å²) in [5.74, 6) is -4.92. The van der Waals surface area contributed by atoms with Gasteiger partial charge in [-0.3, -0.25) is 24.2 Å². The quantitative estimate of drug-likeness (QED) is 0.0671. The molecule has 3 atom stereocenters. The van der Waals surface area contributed by atoms with Crippen LogP contribution in [-0.2, 0) is 30.4 Å². The third-order valence-corrected chi connectivity index (χ3v) is 4.92. The molecule has 0 radical (unpaired) electrons. The first-order chi connectivity index (χ1) is 17.0. The molecule has 0 spiro atoms. The maximum Gasteiger partial charge on any atom is 0.326 e. The molecule has 11 N–H and O–H groups in total. The standard InChI is InChI=1S/C22H33N7O7/c23-14(11-13-5-2-1-3-6-13)19(33)27-12-17(30)28-15(7-4-10-26-22(24)25)20(34)29-16(21(35)36)8-9-18(31)32/h1-3,5-6,14-16H,4,7-12,23H2,(H,27,33)(H,28,30)(H,29,34)(H,31,32)(H,35,36)(H4,24,25,26). The number of aliphatic carboxylic acids is 2. The number of amides is 3. The van der Waals surface area contributed by atoms with Crippen LogP contribution in [0, 0.1) is 0 Å². The van der Waals surface area contributed by atoms with E-state index in [1.807, 2.05) is 30.3 Å². The van der Waals surface area contributed by atoms with Crippen LogP contribution in [0.4, 0.5) is 0 Å². The Morgan fingerprint density at radius 1 is 0.917 bits per heavy atom. The van der Waals surface area contributed by atoms with Crippen LogP contribution in [0.15, 0.2) is 35.3 Å². The van der Waals surface area contributed by atoms with E-state index in [1.54, 1.807) is 0 Å². The molecule has 0 heterocycles. The van der Waals surface area contributed by atoms with Gasteiger partial charge in [0.1, 0.15) is 12.1 Å². The van der Waals surface area contributed by atoms with E-state index in [4.69, 9.17) is 22.3 Å². The van der Waals surface area contributed by atoms with Gasteiger partial charge >= 0.3 is 11.9 Å². The van der Waals surface area contributed by atoms with E-state index >= 15 is 0 Å². The molecule has 0 bridgehead atoms.